The minimum absolute atomic E-state index is 0.0367. The lowest BCUT2D eigenvalue weighted by Gasteiger charge is -2.19. The van der Waals surface area contributed by atoms with E-state index in [0.29, 0.717) is 5.69 Å². The number of anilines is 1. The van der Waals surface area contributed by atoms with E-state index in [4.69, 9.17) is 0 Å². The van der Waals surface area contributed by atoms with Crippen LogP contribution in [0.1, 0.15) is 22.3 Å². The first kappa shape index (κ1) is 16.4. The Morgan fingerprint density at radius 3 is 2.73 bits per heavy atom. The van der Waals surface area contributed by atoms with E-state index < -0.39 is 27.9 Å². The van der Waals surface area contributed by atoms with Crippen LogP contribution in [-0.4, -0.2) is 39.7 Å². The molecule has 8 heteroatoms. The summed E-state index contributed by atoms with van der Waals surface area (Å²) < 4.78 is 38.9. The smallest absolute Gasteiger partial charge is 0.337 e. The first-order valence-corrected chi connectivity index (χ1v) is 8.18. The summed E-state index contributed by atoms with van der Waals surface area (Å²) in [4.78, 5) is 25.0. The molecule has 1 heterocycles. The van der Waals surface area contributed by atoms with Crippen LogP contribution in [0.15, 0.2) is 18.2 Å². The lowest BCUT2D eigenvalue weighted by atomic mass is 10.1. The fraction of sp³-hybridized carbons (Fsp3) is 0.429. The lowest BCUT2D eigenvalue weighted by molar-refractivity contribution is -0.117. The van der Waals surface area contributed by atoms with Crippen LogP contribution in [-0.2, 0) is 19.8 Å². The van der Waals surface area contributed by atoms with Crippen molar-refractivity contribution >= 4 is 27.8 Å². The Hall–Kier alpha value is -1.96. The average molecular weight is 329 g/mol. The van der Waals surface area contributed by atoms with Crippen molar-refractivity contribution < 1.29 is 26.6 Å². The number of methoxy groups -OCH3 is 1. The maximum absolute atomic E-state index is 12.8. The van der Waals surface area contributed by atoms with Gasteiger partial charge in [-0.3, -0.25) is 4.79 Å². The molecule has 1 fully saturated rings. The number of benzene rings is 1. The number of amides is 1. The van der Waals surface area contributed by atoms with E-state index >= 15 is 0 Å². The molecule has 1 aromatic rings. The summed E-state index contributed by atoms with van der Waals surface area (Å²) in [5.41, 5.74) is 1.55. The van der Waals surface area contributed by atoms with Crippen LogP contribution in [0.3, 0.4) is 0 Å². The molecule has 1 amide bonds. The average Bonchev–Trinajstić information content (AvgIpc) is 2.76. The number of aryl methyl sites for hydroxylation is 1. The molecule has 0 radical (unpaired) electrons. The molecule has 1 unspecified atom stereocenters. The molecule has 1 atom stereocenters. The summed E-state index contributed by atoms with van der Waals surface area (Å²) in [6.07, 6.45) is -0.0367. The quantitative estimate of drug-likeness (QED) is 0.617. The van der Waals surface area contributed by atoms with Crippen molar-refractivity contribution in [1.29, 1.82) is 0 Å². The van der Waals surface area contributed by atoms with E-state index in [1.165, 1.54) is 18.1 Å². The highest BCUT2D eigenvalue weighted by Gasteiger charge is 2.34. The summed E-state index contributed by atoms with van der Waals surface area (Å²) in [6, 6.07) is 4.77. The third-order valence-electron chi connectivity index (χ3n) is 3.56. The molecule has 0 spiro atoms. The SMILES string of the molecule is COC(=O)c1ccc(C)c(N2CC(CS(=O)(=O)F)CC2=O)c1. The van der Waals surface area contributed by atoms with Crippen LogP contribution >= 0.6 is 0 Å². The van der Waals surface area contributed by atoms with E-state index in [1.54, 1.807) is 19.1 Å². The van der Waals surface area contributed by atoms with E-state index in [0.717, 1.165) is 5.56 Å². The van der Waals surface area contributed by atoms with Crippen molar-refractivity contribution in [2.75, 3.05) is 24.3 Å². The zero-order chi connectivity index (χ0) is 16.5. The van der Waals surface area contributed by atoms with Gasteiger partial charge in [0.05, 0.1) is 18.4 Å². The van der Waals surface area contributed by atoms with Crippen LogP contribution in [0, 0.1) is 12.8 Å². The van der Waals surface area contributed by atoms with Crippen molar-refractivity contribution in [3.05, 3.63) is 29.3 Å². The summed E-state index contributed by atoms with van der Waals surface area (Å²) >= 11 is 0. The normalized spacial score (nSPS) is 18.6. The highest BCUT2D eigenvalue weighted by Crippen LogP contribution is 2.29. The third kappa shape index (κ3) is 3.62. The molecule has 1 aliphatic heterocycles. The van der Waals surface area contributed by atoms with Gasteiger partial charge in [-0.25, -0.2) is 4.79 Å². The topological polar surface area (TPSA) is 80.8 Å². The molecule has 1 saturated heterocycles. The molecule has 0 aromatic heterocycles. The molecular formula is C14H16FNO5S. The minimum atomic E-state index is -4.63. The monoisotopic (exact) mass is 329 g/mol. The maximum atomic E-state index is 12.8. The molecular weight excluding hydrogens is 313 g/mol. The van der Waals surface area contributed by atoms with E-state index in [2.05, 4.69) is 4.74 Å². The van der Waals surface area contributed by atoms with Crippen molar-refractivity contribution in [1.82, 2.24) is 0 Å². The zero-order valence-corrected chi connectivity index (χ0v) is 13.0. The fourth-order valence-electron chi connectivity index (χ4n) is 2.55. The number of esters is 1. The molecule has 6 nitrogen and oxygen atoms in total. The second-order valence-electron chi connectivity index (χ2n) is 5.27. The second-order valence-corrected chi connectivity index (χ2v) is 6.68. The van der Waals surface area contributed by atoms with Crippen molar-refractivity contribution in [3.8, 4) is 0 Å². The number of ether oxygens (including phenoxy) is 1. The Balaban J connectivity index is 2.28. The van der Waals surface area contributed by atoms with E-state index in [1.807, 2.05) is 0 Å². The Morgan fingerprint density at radius 2 is 2.14 bits per heavy atom. The lowest BCUT2D eigenvalue weighted by Crippen LogP contribution is -2.26. The molecule has 1 aliphatic rings. The molecule has 120 valence electrons. The van der Waals surface area contributed by atoms with Crippen LogP contribution in [0.25, 0.3) is 0 Å². The first-order valence-electron chi connectivity index (χ1n) is 6.63. The number of carbonyl (C=O) groups is 2. The van der Waals surface area contributed by atoms with Gasteiger partial charge in [-0.1, -0.05) is 6.07 Å². The summed E-state index contributed by atoms with van der Waals surface area (Å²) in [6.45, 7) is 1.87. The Bertz CT molecular complexity index is 716. The molecule has 22 heavy (non-hydrogen) atoms. The highest BCUT2D eigenvalue weighted by molar-refractivity contribution is 7.86. The molecule has 0 aliphatic carbocycles. The molecule has 1 aromatic carbocycles. The fourth-order valence-corrected chi connectivity index (χ4v) is 3.34. The van der Waals surface area contributed by atoms with Crippen LogP contribution in [0.5, 0.6) is 0 Å². The number of hydrogen-bond donors (Lipinski definition) is 0. The first-order chi connectivity index (χ1) is 10.2. The van der Waals surface area contributed by atoms with Crippen molar-refractivity contribution in [3.63, 3.8) is 0 Å². The number of halogens is 1. The number of rotatable bonds is 4. The maximum Gasteiger partial charge on any atom is 0.337 e. The predicted molar refractivity (Wildman–Crippen MR) is 77.9 cm³/mol. The minimum Gasteiger partial charge on any atom is -0.465 e. The summed E-state index contributed by atoms with van der Waals surface area (Å²) in [5, 5.41) is 0. The Morgan fingerprint density at radius 1 is 1.45 bits per heavy atom. The van der Waals surface area contributed by atoms with Gasteiger partial charge in [-0.15, -0.1) is 3.89 Å². The van der Waals surface area contributed by atoms with Crippen molar-refractivity contribution in [2.24, 2.45) is 5.92 Å². The Kier molecular flexibility index (Phi) is 4.50. The zero-order valence-electron chi connectivity index (χ0n) is 12.2. The van der Waals surface area contributed by atoms with Gasteiger partial charge < -0.3 is 9.64 Å². The van der Waals surface area contributed by atoms with E-state index in [9.17, 15) is 21.9 Å². The number of nitrogens with zero attached hydrogens (tertiary/aromatic N) is 1. The van der Waals surface area contributed by atoms with Crippen LogP contribution in [0.4, 0.5) is 9.57 Å². The molecule has 0 bridgehead atoms. The van der Waals surface area contributed by atoms with Crippen LogP contribution < -0.4 is 4.90 Å². The summed E-state index contributed by atoms with van der Waals surface area (Å²) in [7, 11) is -3.37. The van der Waals surface area contributed by atoms with Gasteiger partial charge in [0, 0.05) is 24.6 Å². The Labute approximate surface area is 128 Å². The number of carbonyl (C=O) groups excluding carboxylic acids is 2. The van der Waals surface area contributed by atoms with E-state index in [-0.39, 0.29) is 24.4 Å². The third-order valence-corrected chi connectivity index (χ3v) is 4.43. The van der Waals surface area contributed by atoms with Gasteiger partial charge in [0.15, 0.2) is 0 Å². The van der Waals surface area contributed by atoms with Gasteiger partial charge in [0.25, 0.3) is 0 Å². The second kappa shape index (κ2) is 6.04. The van der Waals surface area contributed by atoms with Crippen molar-refractivity contribution in [2.45, 2.75) is 13.3 Å². The van der Waals surface area contributed by atoms with Gasteiger partial charge >= 0.3 is 16.2 Å². The predicted octanol–water partition coefficient (Wildman–Crippen LogP) is 1.43. The van der Waals surface area contributed by atoms with Gasteiger partial charge in [-0.2, -0.15) is 8.42 Å². The van der Waals surface area contributed by atoms with Gasteiger partial charge in [0.2, 0.25) is 5.91 Å². The standard InChI is InChI=1S/C14H16FNO5S/c1-9-3-4-11(14(18)21-2)6-12(9)16-7-10(5-13(16)17)8-22(15,19)20/h3-4,6,10H,5,7-8H2,1-2H3. The molecule has 2 rings (SSSR count). The summed E-state index contributed by atoms with van der Waals surface area (Å²) in [5.74, 6) is -2.09. The van der Waals surface area contributed by atoms with Crippen LogP contribution in [0.2, 0.25) is 0 Å². The number of hydrogen-bond acceptors (Lipinski definition) is 5. The van der Waals surface area contributed by atoms with Gasteiger partial charge in [-0.05, 0) is 24.6 Å². The van der Waals surface area contributed by atoms with Gasteiger partial charge in [0.1, 0.15) is 0 Å². The molecule has 0 N–H and O–H groups in total. The molecule has 0 saturated carbocycles. The highest BCUT2D eigenvalue weighted by atomic mass is 32.3. The largest absolute Gasteiger partial charge is 0.465 e.